The number of nitrogen functional groups attached to an aromatic ring is 1. The summed E-state index contributed by atoms with van der Waals surface area (Å²) in [6, 6.07) is 10.5. The molecule has 2 aromatic carbocycles. The predicted molar refractivity (Wildman–Crippen MR) is 148 cm³/mol. The van der Waals surface area contributed by atoms with E-state index in [9.17, 15) is 14.4 Å². The van der Waals surface area contributed by atoms with Gasteiger partial charge in [0.15, 0.2) is 5.75 Å². The first-order chi connectivity index (χ1) is 18.6. The number of likely N-dealkylation sites (N-methyl/N-ethyl adjacent to an activating group) is 1. The molecule has 0 saturated heterocycles. The topological polar surface area (TPSA) is 145 Å². The highest BCUT2D eigenvalue weighted by Gasteiger charge is 2.28. The normalized spacial score (nSPS) is 12.3. The molecule has 2 aromatic heterocycles. The summed E-state index contributed by atoms with van der Waals surface area (Å²) in [6.07, 6.45) is 3.24. The molecule has 0 aliphatic carbocycles. The standard InChI is InChI=1S/C28H28N6O5/c1-15-10-11-17(39-16(2)35)13-21(15)34-27(29)24-25(32-34)23-18-7-5-8-19(30-22(36)9-6-12-33(3)4)26(18)38-14-20(23)31-28(24)37/h5-11,13H,12,14,29H2,1-4H3,(H,30,36)(H,31,37)/b9-6+. The highest BCUT2D eigenvalue weighted by molar-refractivity contribution is 6.05. The molecule has 0 bridgehead atoms. The van der Waals surface area contributed by atoms with E-state index in [2.05, 4.69) is 10.3 Å². The Balaban J connectivity index is 1.63. The number of aromatic amines is 1. The van der Waals surface area contributed by atoms with Crippen LogP contribution < -0.4 is 26.1 Å². The molecule has 4 aromatic rings. The van der Waals surface area contributed by atoms with Crippen LogP contribution in [0.1, 0.15) is 18.2 Å². The van der Waals surface area contributed by atoms with Crippen LogP contribution in [0.25, 0.3) is 27.7 Å². The van der Waals surface area contributed by atoms with E-state index in [4.69, 9.17) is 20.3 Å². The van der Waals surface area contributed by atoms with Crippen LogP contribution in [-0.2, 0) is 16.2 Å². The number of carbonyl (C=O) groups is 2. The number of anilines is 2. The average molecular weight is 529 g/mol. The molecule has 0 fully saturated rings. The number of fused-ring (bicyclic) bond motifs is 5. The monoisotopic (exact) mass is 528 g/mol. The SMILES string of the molecule is CC(=O)Oc1ccc(C)c(-n2nc3c4c([nH]c(=O)c3c2N)COc2c(NC(=O)/C=C/CN(C)C)cccc2-4)c1. The molecular formula is C28H28N6O5. The number of aryl methyl sites for hydroxylation is 1. The number of hydrogen-bond donors (Lipinski definition) is 3. The molecule has 1 amide bonds. The molecule has 0 saturated carbocycles. The number of H-pyrrole nitrogens is 1. The first-order valence-corrected chi connectivity index (χ1v) is 12.2. The summed E-state index contributed by atoms with van der Waals surface area (Å²) < 4.78 is 12.7. The molecule has 3 heterocycles. The maximum atomic E-state index is 13.1. The third kappa shape index (κ3) is 4.87. The maximum Gasteiger partial charge on any atom is 0.308 e. The fraction of sp³-hybridized carbons (Fsp3) is 0.214. The number of pyridine rings is 1. The van der Waals surface area contributed by atoms with Gasteiger partial charge in [-0.2, -0.15) is 5.10 Å². The van der Waals surface area contributed by atoms with Crippen molar-refractivity contribution in [1.82, 2.24) is 19.7 Å². The van der Waals surface area contributed by atoms with Crippen LogP contribution in [0.4, 0.5) is 11.5 Å². The van der Waals surface area contributed by atoms with Crippen molar-refractivity contribution in [3.8, 4) is 28.3 Å². The Morgan fingerprint density at radius 3 is 2.82 bits per heavy atom. The summed E-state index contributed by atoms with van der Waals surface area (Å²) in [5.74, 6) is 0.191. The van der Waals surface area contributed by atoms with E-state index in [1.165, 1.54) is 17.7 Å². The molecular weight excluding hydrogens is 500 g/mol. The van der Waals surface area contributed by atoms with Gasteiger partial charge < -0.3 is 30.4 Å². The average Bonchev–Trinajstić information content (AvgIpc) is 3.22. The van der Waals surface area contributed by atoms with Crippen molar-refractivity contribution in [2.75, 3.05) is 31.7 Å². The fourth-order valence-electron chi connectivity index (χ4n) is 4.54. The van der Waals surface area contributed by atoms with Gasteiger partial charge in [-0.25, -0.2) is 4.68 Å². The largest absolute Gasteiger partial charge is 0.485 e. The molecule has 1 aliphatic rings. The molecule has 5 rings (SSSR count). The van der Waals surface area contributed by atoms with E-state index in [1.807, 2.05) is 32.0 Å². The molecule has 0 radical (unpaired) electrons. The van der Waals surface area contributed by atoms with Crippen LogP contribution in [0.3, 0.4) is 0 Å². The van der Waals surface area contributed by atoms with Crippen LogP contribution in [0.5, 0.6) is 11.5 Å². The van der Waals surface area contributed by atoms with Gasteiger partial charge in [-0.3, -0.25) is 14.4 Å². The quantitative estimate of drug-likeness (QED) is 0.197. The Kier molecular flexibility index (Phi) is 6.67. The number of nitrogens with one attached hydrogen (secondary N) is 2. The maximum absolute atomic E-state index is 13.1. The molecule has 200 valence electrons. The van der Waals surface area contributed by atoms with Crippen LogP contribution in [0.15, 0.2) is 53.3 Å². The number of benzene rings is 2. The molecule has 11 heteroatoms. The predicted octanol–water partition coefficient (Wildman–Crippen LogP) is 3.15. The first kappa shape index (κ1) is 25.7. The highest BCUT2D eigenvalue weighted by atomic mass is 16.5. The Bertz CT molecular complexity index is 1720. The lowest BCUT2D eigenvalue weighted by molar-refractivity contribution is -0.131. The summed E-state index contributed by atoms with van der Waals surface area (Å²) >= 11 is 0. The fourth-order valence-corrected chi connectivity index (χ4v) is 4.54. The minimum Gasteiger partial charge on any atom is -0.485 e. The van der Waals surface area contributed by atoms with Crippen LogP contribution in [0, 0.1) is 6.92 Å². The summed E-state index contributed by atoms with van der Waals surface area (Å²) in [5.41, 5.74) is 10.2. The molecule has 1 aliphatic heterocycles. The van der Waals surface area contributed by atoms with Gasteiger partial charge in [0.25, 0.3) is 5.56 Å². The van der Waals surface area contributed by atoms with E-state index < -0.39 is 11.5 Å². The lowest BCUT2D eigenvalue weighted by atomic mass is 9.98. The molecule has 39 heavy (non-hydrogen) atoms. The lowest BCUT2D eigenvalue weighted by Crippen LogP contribution is -2.18. The summed E-state index contributed by atoms with van der Waals surface area (Å²) in [6.45, 7) is 3.88. The third-order valence-electron chi connectivity index (χ3n) is 6.26. The number of aromatic nitrogens is 3. The lowest BCUT2D eigenvalue weighted by Gasteiger charge is -2.23. The molecule has 0 unspecified atom stereocenters. The number of hydrogen-bond acceptors (Lipinski definition) is 8. The van der Waals surface area contributed by atoms with Crippen LogP contribution in [-0.4, -0.2) is 52.2 Å². The number of ether oxygens (including phenoxy) is 2. The summed E-state index contributed by atoms with van der Waals surface area (Å²) in [5, 5.41) is 7.85. The van der Waals surface area contributed by atoms with Gasteiger partial charge in [0.1, 0.15) is 29.1 Å². The number of esters is 1. The van der Waals surface area contributed by atoms with Crippen molar-refractivity contribution < 1.29 is 19.1 Å². The van der Waals surface area contributed by atoms with Crippen LogP contribution in [0.2, 0.25) is 0 Å². The van der Waals surface area contributed by atoms with Gasteiger partial charge in [0, 0.05) is 36.7 Å². The van der Waals surface area contributed by atoms with E-state index in [1.54, 1.807) is 36.4 Å². The Hall–Kier alpha value is -4.90. The molecule has 0 spiro atoms. The number of nitrogens with two attached hydrogens (primary N) is 1. The zero-order valence-electron chi connectivity index (χ0n) is 22.0. The number of nitrogens with zero attached hydrogens (tertiary/aromatic N) is 3. The summed E-state index contributed by atoms with van der Waals surface area (Å²) in [7, 11) is 3.83. The Morgan fingerprint density at radius 1 is 1.28 bits per heavy atom. The van der Waals surface area contributed by atoms with Gasteiger partial charge in [0.2, 0.25) is 5.91 Å². The first-order valence-electron chi connectivity index (χ1n) is 12.2. The number of para-hydroxylation sites is 1. The van der Waals surface area contributed by atoms with Crippen molar-refractivity contribution in [3.63, 3.8) is 0 Å². The van der Waals surface area contributed by atoms with Crippen molar-refractivity contribution in [1.29, 1.82) is 0 Å². The number of rotatable bonds is 6. The summed E-state index contributed by atoms with van der Waals surface area (Å²) in [4.78, 5) is 42.0. The van der Waals surface area contributed by atoms with Gasteiger partial charge >= 0.3 is 5.97 Å². The smallest absolute Gasteiger partial charge is 0.308 e. The molecule has 0 atom stereocenters. The van der Waals surface area contributed by atoms with E-state index >= 15 is 0 Å². The zero-order valence-corrected chi connectivity index (χ0v) is 22.0. The Morgan fingerprint density at radius 2 is 2.08 bits per heavy atom. The van der Waals surface area contributed by atoms with E-state index in [0.717, 1.165) is 5.56 Å². The van der Waals surface area contributed by atoms with Gasteiger partial charge in [-0.15, -0.1) is 0 Å². The van der Waals surface area contributed by atoms with Crippen molar-refractivity contribution in [3.05, 3.63) is 70.2 Å². The van der Waals surface area contributed by atoms with Gasteiger partial charge in [-0.1, -0.05) is 24.3 Å². The molecule has 4 N–H and O–H groups in total. The van der Waals surface area contributed by atoms with Crippen LogP contribution >= 0.6 is 0 Å². The van der Waals surface area contributed by atoms with Crippen molar-refractivity contribution >= 4 is 34.3 Å². The molecule has 11 nitrogen and oxygen atoms in total. The second-order valence-corrected chi connectivity index (χ2v) is 9.50. The third-order valence-corrected chi connectivity index (χ3v) is 6.26. The Labute approximate surface area is 223 Å². The zero-order chi connectivity index (χ0) is 27.8. The second-order valence-electron chi connectivity index (χ2n) is 9.50. The number of amides is 1. The van der Waals surface area contributed by atoms with Gasteiger partial charge in [-0.05, 0) is 38.7 Å². The highest BCUT2D eigenvalue weighted by Crippen LogP contribution is 2.44. The van der Waals surface area contributed by atoms with Crippen molar-refractivity contribution in [2.45, 2.75) is 20.5 Å². The van der Waals surface area contributed by atoms with Gasteiger partial charge in [0.05, 0.1) is 17.1 Å². The number of carbonyl (C=O) groups excluding carboxylic acids is 2. The van der Waals surface area contributed by atoms with E-state index in [0.29, 0.717) is 51.8 Å². The van der Waals surface area contributed by atoms with E-state index in [-0.39, 0.29) is 23.7 Å². The van der Waals surface area contributed by atoms with Crippen molar-refractivity contribution in [2.24, 2.45) is 0 Å². The minimum atomic E-state index is -0.457. The minimum absolute atomic E-state index is 0.0740. The second kappa shape index (κ2) is 10.1.